The maximum atomic E-state index is 13.3. The van der Waals surface area contributed by atoms with Gasteiger partial charge in [0, 0.05) is 46.7 Å². The molecule has 0 radical (unpaired) electrons. The molecule has 0 aliphatic carbocycles. The molecule has 0 bridgehead atoms. The highest BCUT2D eigenvalue weighted by Gasteiger charge is 2.46. The van der Waals surface area contributed by atoms with Crippen LogP contribution in [0.15, 0.2) is 72.8 Å². The maximum absolute atomic E-state index is 13.3. The van der Waals surface area contributed by atoms with E-state index in [4.69, 9.17) is 14.2 Å². The summed E-state index contributed by atoms with van der Waals surface area (Å²) in [7, 11) is 0. The number of hydrogen-bond acceptors (Lipinski definition) is 15. The number of aromatic hydroxyl groups is 10. The summed E-state index contributed by atoms with van der Waals surface area (Å²) in [5.41, 5.74) is 0.229. The van der Waals surface area contributed by atoms with Gasteiger partial charge in [0.1, 0.15) is 41.0 Å². The van der Waals surface area contributed by atoms with Crippen molar-refractivity contribution in [1.82, 2.24) is 0 Å². The Morgan fingerprint density at radius 1 is 0.615 bits per heavy atom. The Morgan fingerprint density at radius 3 is 1.85 bits per heavy atom. The van der Waals surface area contributed by atoms with Crippen LogP contribution in [0.3, 0.4) is 0 Å². The highest BCUT2D eigenvalue weighted by molar-refractivity contribution is 5.91. The van der Waals surface area contributed by atoms with Crippen molar-refractivity contribution in [3.63, 3.8) is 0 Å². The molecule has 15 heteroatoms. The van der Waals surface area contributed by atoms with Gasteiger partial charge in [-0.05, 0) is 48.0 Å². The standard InChI is InChI=1S/C37H30O15/c38-17-3-4-18-28(11-17)50-35(15-2-6-21(40)24(43)8-15)33(48)30(18)31-25(44)13-22(41)19-12-29(51-37(49)16-9-26(45)32(47)27(46)10-16)34(52-36(19)31)14-1-5-20(39)23(42)7-14/h1-11,13,29-30,33-35,38-48H,12H2. The summed E-state index contributed by atoms with van der Waals surface area (Å²) in [5.74, 6) is -8.04. The predicted molar refractivity (Wildman–Crippen MR) is 176 cm³/mol. The Hall–Kier alpha value is -6.87. The van der Waals surface area contributed by atoms with Gasteiger partial charge in [0.2, 0.25) is 0 Å². The third-order valence-corrected chi connectivity index (χ3v) is 9.13. The number of esters is 1. The summed E-state index contributed by atoms with van der Waals surface area (Å²) < 4.78 is 18.3. The van der Waals surface area contributed by atoms with Gasteiger partial charge in [0.15, 0.2) is 52.5 Å². The monoisotopic (exact) mass is 714 g/mol. The Morgan fingerprint density at radius 2 is 1.23 bits per heavy atom. The maximum Gasteiger partial charge on any atom is 0.338 e. The SMILES string of the molecule is O=C(OC1Cc2c(O)cc(O)c(C3c4ccc(O)cc4OC(c4ccc(O)c(O)c4)C3O)c2OC1c1ccc(O)c(O)c1)c1cc(O)c(O)c(O)c1. The average molecular weight is 715 g/mol. The second-order valence-electron chi connectivity index (χ2n) is 12.4. The number of phenolic OH excluding ortho intramolecular Hbond substituents is 10. The average Bonchev–Trinajstić information content (AvgIpc) is 3.10. The first kappa shape index (κ1) is 33.6. The molecule has 5 unspecified atom stereocenters. The summed E-state index contributed by atoms with van der Waals surface area (Å²) in [5, 5.41) is 115. The van der Waals surface area contributed by atoms with Crippen LogP contribution >= 0.6 is 0 Å². The van der Waals surface area contributed by atoms with Crippen molar-refractivity contribution in [2.75, 3.05) is 0 Å². The van der Waals surface area contributed by atoms with E-state index in [0.29, 0.717) is 0 Å². The minimum atomic E-state index is -1.55. The molecule has 0 fully saturated rings. The Bertz CT molecular complexity index is 2230. The third kappa shape index (κ3) is 5.68. The minimum absolute atomic E-state index is 0.0131. The zero-order chi connectivity index (χ0) is 37.2. The first-order valence-electron chi connectivity index (χ1n) is 15.6. The van der Waals surface area contributed by atoms with E-state index in [1.54, 1.807) is 0 Å². The molecule has 52 heavy (non-hydrogen) atoms. The van der Waals surface area contributed by atoms with Gasteiger partial charge in [-0.3, -0.25) is 0 Å². The van der Waals surface area contributed by atoms with E-state index in [-0.39, 0.29) is 57.1 Å². The third-order valence-electron chi connectivity index (χ3n) is 9.13. The van der Waals surface area contributed by atoms with Crippen molar-refractivity contribution in [1.29, 1.82) is 0 Å². The van der Waals surface area contributed by atoms with E-state index in [2.05, 4.69) is 0 Å². The number of rotatable bonds is 5. The molecular weight excluding hydrogens is 684 g/mol. The lowest BCUT2D eigenvalue weighted by Gasteiger charge is -2.40. The number of aliphatic hydroxyl groups is 1. The van der Waals surface area contributed by atoms with Gasteiger partial charge < -0.3 is 70.4 Å². The molecule has 268 valence electrons. The lowest BCUT2D eigenvalue weighted by molar-refractivity contribution is -0.0210. The number of carbonyl (C=O) groups excluding carboxylic acids is 1. The van der Waals surface area contributed by atoms with Crippen molar-refractivity contribution in [2.45, 2.75) is 36.8 Å². The summed E-state index contributed by atoms with van der Waals surface area (Å²) >= 11 is 0. The summed E-state index contributed by atoms with van der Waals surface area (Å²) in [6, 6.07) is 14.2. The molecule has 5 aromatic carbocycles. The Balaban J connectivity index is 1.37. The van der Waals surface area contributed by atoms with Gasteiger partial charge in [-0.2, -0.15) is 0 Å². The van der Waals surface area contributed by atoms with Gasteiger partial charge in [-0.1, -0.05) is 18.2 Å². The number of fused-ring (bicyclic) bond motifs is 2. The van der Waals surface area contributed by atoms with Gasteiger partial charge in [0.05, 0.1) is 5.56 Å². The van der Waals surface area contributed by atoms with E-state index in [0.717, 1.165) is 30.3 Å². The number of aliphatic hydroxyl groups excluding tert-OH is 1. The van der Waals surface area contributed by atoms with Crippen molar-refractivity contribution in [3.8, 4) is 69.0 Å². The number of hydrogen-bond donors (Lipinski definition) is 11. The van der Waals surface area contributed by atoms with E-state index >= 15 is 0 Å². The molecule has 15 nitrogen and oxygen atoms in total. The van der Waals surface area contributed by atoms with Crippen molar-refractivity contribution in [2.24, 2.45) is 0 Å². The molecular formula is C37H30O15. The normalized spacial score (nSPS) is 20.5. The molecule has 7 rings (SSSR count). The van der Waals surface area contributed by atoms with Crippen molar-refractivity contribution in [3.05, 3.63) is 106 Å². The van der Waals surface area contributed by atoms with Gasteiger partial charge >= 0.3 is 5.97 Å². The molecule has 2 aliphatic rings. The van der Waals surface area contributed by atoms with Crippen LogP contribution in [0.5, 0.6) is 69.0 Å². The van der Waals surface area contributed by atoms with Crippen molar-refractivity contribution >= 4 is 5.97 Å². The first-order valence-corrected chi connectivity index (χ1v) is 15.6. The molecule has 11 N–H and O–H groups in total. The van der Waals surface area contributed by atoms with Crippen LogP contribution in [0.2, 0.25) is 0 Å². The van der Waals surface area contributed by atoms with Crippen LogP contribution in [0.4, 0.5) is 0 Å². The highest BCUT2D eigenvalue weighted by atomic mass is 16.6. The zero-order valence-corrected chi connectivity index (χ0v) is 26.6. The Labute approximate surface area is 292 Å². The molecule has 5 atom stereocenters. The minimum Gasteiger partial charge on any atom is -0.508 e. The predicted octanol–water partition coefficient (Wildman–Crippen LogP) is 4.27. The van der Waals surface area contributed by atoms with E-state index < -0.39 is 88.0 Å². The molecule has 2 aliphatic heterocycles. The fraction of sp³-hybridized carbons (Fsp3) is 0.162. The summed E-state index contributed by atoms with van der Waals surface area (Å²) in [4.78, 5) is 13.3. The molecule has 2 heterocycles. The van der Waals surface area contributed by atoms with E-state index in [9.17, 15) is 61.0 Å². The number of carbonyl (C=O) groups is 1. The number of ether oxygens (including phenoxy) is 3. The van der Waals surface area contributed by atoms with Crippen LogP contribution in [0, 0.1) is 0 Å². The topological polar surface area (TPSA) is 267 Å². The highest BCUT2D eigenvalue weighted by Crippen LogP contribution is 2.55. The molecule has 0 saturated carbocycles. The zero-order valence-electron chi connectivity index (χ0n) is 26.6. The van der Waals surface area contributed by atoms with Crippen LogP contribution in [0.1, 0.15) is 56.3 Å². The van der Waals surface area contributed by atoms with Gasteiger partial charge in [-0.15, -0.1) is 0 Å². The van der Waals surface area contributed by atoms with E-state index in [1.165, 1.54) is 42.5 Å². The second-order valence-corrected chi connectivity index (χ2v) is 12.4. The van der Waals surface area contributed by atoms with Gasteiger partial charge in [-0.25, -0.2) is 4.79 Å². The Kier molecular flexibility index (Phi) is 8.06. The molecule has 0 saturated heterocycles. The first-order chi connectivity index (χ1) is 24.7. The molecule has 5 aromatic rings. The van der Waals surface area contributed by atoms with Crippen LogP contribution in [-0.4, -0.2) is 74.3 Å². The quantitative estimate of drug-likeness (QED) is 0.0896. The summed E-state index contributed by atoms with van der Waals surface area (Å²) in [6.45, 7) is 0. The fourth-order valence-electron chi connectivity index (χ4n) is 6.62. The lowest BCUT2D eigenvalue weighted by atomic mass is 9.77. The van der Waals surface area contributed by atoms with Crippen LogP contribution in [0.25, 0.3) is 0 Å². The fourth-order valence-corrected chi connectivity index (χ4v) is 6.62. The number of phenols is 10. The van der Waals surface area contributed by atoms with Crippen molar-refractivity contribution < 1.29 is 75.2 Å². The lowest BCUT2D eigenvalue weighted by Crippen LogP contribution is -2.38. The van der Waals surface area contributed by atoms with Crippen LogP contribution < -0.4 is 9.47 Å². The largest absolute Gasteiger partial charge is 0.508 e. The van der Waals surface area contributed by atoms with E-state index in [1.807, 2.05) is 0 Å². The number of benzene rings is 5. The van der Waals surface area contributed by atoms with Gasteiger partial charge in [0.25, 0.3) is 0 Å². The molecule has 0 amide bonds. The molecule has 0 spiro atoms. The summed E-state index contributed by atoms with van der Waals surface area (Å²) in [6.07, 6.45) is -5.76. The smallest absolute Gasteiger partial charge is 0.338 e. The molecule has 0 aromatic heterocycles. The van der Waals surface area contributed by atoms with Crippen LogP contribution in [-0.2, 0) is 11.2 Å². The second kappa shape index (κ2) is 12.5.